The van der Waals surface area contributed by atoms with Crippen LogP contribution in [-0.2, 0) is 0 Å². The lowest BCUT2D eigenvalue weighted by atomic mass is 10.2. The Morgan fingerprint density at radius 1 is 1.18 bits per heavy atom. The Kier molecular flexibility index (Phi) is 5.28. The molecule has 0 saturated carbocycles. The third kappa shape index (κ3) is 3.67. The summed E-state index contributed by atoms with van der Waals surface area (Å²) in [4.78, 5) is 0. The highest BCUT2D eigenvalue weighted by Gasteiger charge is 1.78. The summed E-state index contributed by atoms with van der Waals surface area (Å²) in [7, 11) is 0. The van der Waals surface area contributed by atoms with Gasteiger partial charge in [-0.1, -0.05) is 30.0 Å². The fourth-order valence-electron chi connectivity index (χ4n) is 0.663. The van der Waals surface area contributed by atoms with Crippen LogP contribution in [0.15, 0.2) is 30.3 Å². The Labute approximate surface area is 72.5 Å². The minimum absolute atomic E-state index is 0. The van der Waals surface area contributed by atoms with Gasteiger partial charge in [-0.25, -0.2) is 0 Å². The Bertz CT molecular complexity index is 245. The number of rotatable bonds is 0. The van der Waals surface area contributed by atoms with Gasteiger partial charge in [-0.3, -0.25) is 0 Å². The number of benzene rings is 1. The molecule has 11 heavy (non-hydrogen) atoms. The van der Waals surface area contributed by atoms with E-state index in [2.05, 4.69) is 11.8 Å². The molecule has 0 amide bonds. The lowest BCUT2D eigenvalue weighted by Gasteiger charge is -1.84. The van der Waals surface area contributed by atoms with Crippen LogP contribution in [0.1, 0.15) is 5.56 Å². The van der Waals surface area contributed by atoms with Crippen LogP contribution in [0.2, 0.25) is 0 Å². The van der Waals surface area contributed by atoms with E-state index in [4.69, 9.17) is 5.11 Å². The van der Waals surface area contributed by atoms with Crippen molar-refractivity contribution in [3.05, 3.63) is 35.9 Å². The number of aliphatic hydroxyl groups excluding tert-OH is 1. The largest absolute Gasteiger partial charge is 1.00 e. The molecule has 0 aliphatic carbocycles. The third-order valence-corrected chi connectivity index (χ3v) is 1.09. The summed E-state index contributed by atoms with van der Waals surface area (Å²) in [5, 5.41) is 8.35. The summed E-state index contributed by atoms with van der Waals surface area (Å²) in [6.07, 6.45) is 0. The van der Waals surface area contributed by atoms with Crippen LogP contribution in [0.25, 0.3) is 0 Å². The van der Waals surface area contributed by atoms with Gasteiger partial charge in [0.2, 0.25) is 0 Å². The first-order chi connectivity index (χ1) is 4.93. The molecule has 1 nitrogen and oxygen atoms in total. The second-order valence-electron chi connectivity index (χ2n) is 1.83. The van der Waals surface area contributed by atoms with Crippen LogP contribution in [0.4, 0.5) is 0 Å². The smallest absolute Gasteiger partial charge is 0.104 e. The van der Waals surface area contributed by atoms with E-state index in [1.54, 1.807) is 0 Å². The molecule has 0 saturated heterocycles. The molecule has 0 aliphatic heterocycles. The average molecular weight is 168 g/mol. The summed E-state index contributed by atoms with van der Waals surface area (Å²) >= 11 is 0. The van der Waals surface area contributed by atoms with Gasteiger partial charge in [0, 0.05) is 5.56 Å². The van der Waals surface area contributed by atoms with E-state index >= 15 is 0 Å². The van der Waals surface area contributed by atoms with Gasteiger partial charge in [-0.05, 0) is 12.1 Å². The monoisotopic (exact) mass is 167 g/mol. The van der Waals surface area contributed by atoms with Crippen molar-refractivity contribution in [2.75, 3.05) is 6.61 Å². The summed E-state index contributed by atoms with van der Waals surface area (Å²) < 4.78 is 0. The summed E-state index contributed by atoms with van der Waals surface area (Å²) in [5.74, 6) is 5.36. The normalized spacial score (nSPS) is 7.36. The topological polar surface area (TPSA) is 20.2 Å². The quantitative estimate of drug-likeness (QED) is 0.445. The first-order valence-electron chi connectivity index (χ1n) is 3.08. The molecule has 0 fully saturated rings. The molecule has 1 aromatic carbocycles. The molecule has 0 unspecified atom stereocenters. The van der Waals surface area contributed by atoms with E-state index in [9.17, 15) is 0 Å². The molecule has 0 bridgehead atoms. The predicted octanol–water partition coefficient (Wildman–Crippen LogP) is -1.97. The van der Waals surface area contributed by atoms with Gasteiger partial charge < -0.3 is 17.5 Å². The molecule has 0 heterocycles. The first kappa shape index (κ1) is 10.0. The average Bonchev–Trinajstić information content (AvgIpc) is 2.03. The van der Waals surface area contributed by atoms with Crippen LogP contribution in [0, 0.1) is 11.8 Å². The van der Waals surface area contributed by atoms with E-state index in [0.717, 1.165) is 5.56 Å². The second kappa shape index (κ2) is 5.79. The Morgan fingerprint density at radius 2 is 1.82 bits per heavy atom. The highest BCUT2D eigenvalue weighted by atomic mass is 35.5. The van der Waals surface area contributed by atoms with Gasteiger partial charge >= 0.3 is 0 Å². The van der Waals surface area contributed by atoms with Gasteiger partial charge in [0.1, 0.15) is 6.61 Å². The van der Waals surface area contributed by atoms with Crippen molar-refractivity contribution in [3.8, 4) is 11.8 Å². The van der Waals surface area contributed by atoms with Crippen molar-refractivity contribution in [2.24, 2.45) is 0 Å². The van der Waals surface area contributed by atoms with Gasteiger partial charge in [-0.15, -0.1) is 0 Å². The third-order valence-electron chi connectivity index (χ3n) is 1.09. The first-order valence-corrected chi connectivity index (χ1v) is 3.08. The molecular weight excluding hydrogens is 160 g/mol. The minimum atomic E-state index is -0.0745. The zero-order valence-corrected chi connectivity index (χ0v) is 6.67. The molecule has 1 rings (SSSR count). The van der Waals surface area contributed by atoms with Crippen molar-refractivity contribution in [3.63, 3.8) is 0 Å². The van der Waals surface area contributed by atoms with Crippen LogP contribution in [0.3, 0.4) is 0 Å². The standard InChI is InChI=1S/C9H8O.ClH/c10-8-4-7-9-5-2-1-3-6-9;/h1-3,5-6,10H,8H2;1H/p-1. The molecule has 1 N–H and O–H groups in total. The van der Waals surface area contributed by atoms with Crippen LogP contribution >= 0.6 is 0 Å². The molecule has 0 spiro atoms. The van der Waals surface area contributed by atoms with Gasteiger partial charge in [0.05, 0.1) is 0 Å². The van der Waals surface area contributed by atoms with E-state index in [1.807, 2.05) is 30.3 Å². The van der Waals surface area contributed by atoms with E-state index in [-0.39, 0.29) is 19.0 Å². The van der Waals surface area contributed by atoms with Crippen molar-refractivity contribution in [1.82, 2.24) is 0 Å². The Balaban J connectivity index is 0.000001000. The van der Waals surface area contributed by atoms with Crippen LogP contribution in [0.5, 0.6) is 0 Å². The second-order valence-corrected chi connectivity index (χ2v) is 1.83. The lowest BCUT2D eigenvalue weighted by molar-refractivity contribution is -0.00000294. The highest BCUT2D eigenvalue weighted by molar-refractivity contribution is 5.33. The summed E-state index contributed by atoms with van der Waals surface area (Å²) in [5.41, 5.74) is 0.941. The SMILES string of the molecule is OCC#Cc1ccccc1.[Cl-]. The number of aliphatic hydroxyl groups is 1. The fourth-order valence-corrected chi connectivity index (χ4v) is 0.663. The van der Waals surface area contributed by atoms with Crippen molar-refractivity contribution in [1.29, 1.82) is 0 Å². The molecule has 58 valence electrons. The van der Waals surface area contributed by atoms with Crippen molar-refractivity contribution >= 4 is 0 Å². The van der Waals surface area contributed by atoms with Crippen molar-refractivity contribution in [2.45, 2.75) is 0 Å². The lowest BCUT2D eigenvalue weighted by Crippen LogP contribution is -3.00. The Morgan fingerprint density at radius 3 is 2.36 bits per heavy atom. The zero-order chi connectivity index (χ0) is 7.23. The molecule has 1 aromatic rings. The highest BCUT2D eigenvalue weighted by Crippen LogP contribution is 1.93. The summed E-state index contributed by atoms with van der Waals surface area (Å²) in [6, 6.07) is 9.58. The van der Waals surface area contributed by atoms with E-state index in [0.29, 0.717) is 0 Å². The number of hydrogen-bond acceptors (Lipinski definition) is 1. The van der Waals surface area contributed by atoms with Gasteiger partial charge in [-0.2, -0.15) is 0 Å². The predicted molar refractivity (Wildman–Crippen MR) is 40.4 cm³/mol. The maximum atomic E-state index is 8.35. The summed E-state index contributed by atoms with van der Waals surface area (Å²) in [6.45, 7) is -0.0745. The van der Waals surface area contributed by atoms with Crippen molar-refractivity contribution < 1.29 is 17.5 Å². The van der Waals surface area contributed by atoms with Gasteiger partial charge in [0.25, 0.3) is 0 Å². The van der Waals surface area contributed by atoms with Crippen LogP contribution < -0.4 is 12.4 Å². The molecule has 0 radical (unpaired) electrons. The maximum absolute atomic E-state index is 8.35. The van der Waals surface area contributed by atoms with Crippen LogP contribution in [-0.4, -0.2) is 11.7 Å². The molecule has 0 atom stereocenters. The molecule has 2 heteroatoms. The molecular formula is C9H8ClO-. The maximum Gasteiger partial charge on any atom is 0.104 e. The fraction of sp³-hybridized carbons (Fsp3) is 0.111. The number of hydrogen-bond donors (Lipinski definition) is 1. The molecule has 0 aliphatic rings. The van der Waals surface area contributed by atoms with E-state index in [1.165, 1.54) is 0 Å². The minimum Gasteiger partial charge on any atom is -1.00 e. The number of halogens is 1. The molecule has 0 aromatic heterocycles. The van der Waals surface area contributed by atoms with E-state index < -0.39 is 0 Å². The zero-order valence-electron chi connectivity index (χ0n) is 5.92. The van der Waals surface area contributed by atoms with Gasteiger partial charge in [0.15, 0.2) is 0 Å². The Hall–Kier alpha value is -0.970.